The van der Waals surface area contributed by atoms with E-state index in [0.717, 1.165) is 49.6 Å². The molecule has 3 aromatic rings. The van der Waals surface area contributed by atoms with Crippen LogP contribution in [-0.4, -0.2) is 33.4 Å². The van der Waals surface area contributed by atoms with Gasteiger partial charge in [-0.25, -0.2) is 4.98 Å². The molecule has 1 aliphatic heterocycles. The molecule has 1 N–H and O–H groups in total. The topological polar surface area (TPSA) is 50.2 Å². The van der Waals surface area contributed by atoms with Crippen molar-refractivity contribution < 1.29 is 4.79 Å². The van der Waals surface area contributed by atoms with Crippen LogP contribution in [0.4, 0.5) is 5.69 Å². The number of carbonyl (C=O) groups is 1. The van der Waals surface area contributed by atoms with Crippen LogP contribution < -0.4 is 5.32 Å². The average molecular weight is 389 g/mol. The number of aromatic nitrogens is 2. The first kappa shape index (κ1) is 19.4. The summed E-state index contributed by atoms with van der Waals surface area (Å²) in [6.45, 7) is 4.80. The Balaban J connectivity index is 1.30. The molecule has 0 saturated carbocycles. The molecule has 2 aromatic carbocycles. The van der Waals surface area contributed by atoms with Gasteiger partial charge in [0.2, 0.25) is 5.91 Å². The van der Waals surface area contributed by atoms with Gasteiger partial charge in [-0.2, -0.15) is 0 Å². The second-order valence-corrected chi connectivity index (χ2v) is 7.94. The van der Waals surface area contributed by atoms with Crippen LogP contribution >= 0.6 is 0 Å². The maximum atomic E-state index is 12.7. The summed E-state index contributed by atoms with van der Waals surface area (Å²) in [5.41, 5.74) is 4.47. The van der Waals surface area contributed by atoms with Gasteiger partial charge in [-0.1, -0.05) is 42.0 Å². The molecule has 1 saturated heterocycles. The Morgan fingerprint density at radius 1 is 1.10 bits per heavy atom. The van der Waals surface area contributed by atoms with Gasteiger partial charge in [-0.3, -0.25) is 9.69 Å². The molecule has 1 aliphatic rings. The number of rotatable bonds is 5. The van der Waals surface area contributed by atoms with E-state index in [9.17, 15) is 4.79 Å². The number of imidazole rings is 1. The van der Waals surface area contributed by atoms with Crippen molar-refractivity contribution in [3.05, 3.63) is 72.3 Å². The van der Waals surface area contributed by atoms with Crippen LogP contribution in [0, 0.1) is 12.8 Å². The highest BCUT2D eigenvalue weighted by Gasteiger charge is 2.25. The minimum absolute atomic E-state index is 0.0732. The molecule has 4 rings (SSSR count). The van der Waals surface area contributed by atoms with Crippen LogP contribution in [0.5, 0.6) is 0 Å². The Morgan fingerprint density at radius 3 is 2.52 bits per heavy atom. The summed E-state index contributed by atoms with van der Waals surface area (Å²) in [5, 5.41) is 3.10. The maximum absolute atomic E-state index is 12.7. The highest BCUT2D eigenvalue weighted by Crippen LogP contribution is 2.24. The van der Waals surface area contributed by atoms with Crippen LogP contribution in [-0.2, 0) is 18.4 Å². The normalized spacial score (nSPS) is 15.4. The summed E-state index contributed by atoms with van der Waals surface area (Å²) in [5.74, 6) is 1.27. The molecule has 0 atom stereocenters. The van der Waals surface area contributed by atoms with Crippen LogP contribution in [0.1, 0.15) is 24.2 Å². The number of aryl methyl sites for hydroxylation is 2. The first-order valence-electron chi connectivity index (χ1n) is 10.2. The molecule has 2 heterocycles. The van der Waals surface area contributed by atoms with Gasteiger partial charge in [-0.15, -0.1) is 0 Å². The Kier molecular flexibility index (Phi) is 5.76. The number of likely N-dealkylation sites (tertiary alicyclic amines) is 1. The van der Waals surface area contributed by atoms with Crippen molar-refractivity contribution in [1.29, 1.82) is 0 Å². The van der Waals surface area contributed by atoms with Crippen molar-refractivity contribution in [2.45, 2.75) is 26.3 Å². The third-order valence-corrected chi connectivity index (χ3v) is 5.75. The molecule has 0 unspecified atom stereocenters. The van der Waals surface area contributed by atoms with Crippen molar-refractivity contribution in [2.24, 2.45) is 13.0 Å². The zero-order valence-electron chi connectivity index (χ0n) is 17.1. The molecule has 29 heavy (non-hydrogen) atoms. The van der Waals surface area contributed by atoms with Gasteiger partial charge in [0.25, 0.3) is 0 Å². The standard InChI is InChI=1S/C24H28N4O/c1-18-4-3-5-21(16-18)19-6-8-22(9-7-19)26-24(29)20-10-13-28(14-11-20)17-23-25-12-15-27(23)2/h3-9,12,15-16,20H,10-11,13-14,17H2,1-2H3,(H,26,29). The van der Waals surface area contributed by atoms with E-state index < -0.39 is 0 Å². The Labute approximate surface area is 172 Å². The summed E-state index contributed by atoms with van der Waals surface area (Å²) in [7, 11) is 2.02. The number of carbonyl (C=O) groups excluding carboxylic acids is 1. The van der Waals surface area contributed by atoms with Gasteiger partial charge >= 0.3 is 0 Å². The fraction of sp³-hybridized carbons (Fsp3) is 0.333. The van der Waals surface area contributed by atoms with Crippen LogP contribution in [0.2, 0.25) is 0 Å². The highest BCUT2D eigenvalue weighted by atomic mass is 16.1. The minimum atomic E-state index is 0.0732. The molecule has 0 spiro atoms. The Morgan fingerprint density at radius 2 is 1.86 bits per heavy atom. The van der Waals surface area contributed by atoms with Gasteiger partial charge in [0, 0.05) is 31.0 Å². The van der Waals surface area contributed by atoms with Crippen molar-refractivity contribution in [2.75, 3.05) is 18.4 Å². The molecule has 5 nitrogen and oxygen atoms in total. The summed E-state index contributed by atoms with van der Waals surface area (Å²) >= 11 is 0. The monoisotopic (exact) mass is 388 g/mol. The lowest BCUT2D eigenvalue weighted by Gasteiger charge is -2.30. The summed E-state index contributed by atoms with van der Waals surface area (Å²) in [6.07, 6.45) is 5.58. The van der Waals surface area contributed by atoms with E-state index in [1.165, 1.54) is 11.1 Å². The second kappa shape index (κ2) is 8.62. The lowest BCUT2D eigenvalue weighted by molar-refractivity contribution is -0.121. The van der Waals surface area contributed by atoms with E-state index in [1.54, 1.807) is 0 Å². The second-order valence-electron chi connectivity index (χ2n) is 7.94. The molecule has 0 aliphatic carbocycles. The molecular weight excluding hydrogens is 360 g/mol. The predicted octanol–water partition coefficient (Wildman–Crippen LogP) is 4.25. The van der Waals surface area contributed by atoms with Gasteiger partial charge in [0.1, 0.15) is 5.82 Å². The van der Waals surface area contributed by atoms with Crippen molar-refractivity contribution in [3.63, 3.8) is 0 Å². The maximum Gasteiger partial charge on any atom is 0.227 e. The van der Waals surface area contributed by atoms with E-state index in [0.29, 0.717) is 0 Å². The number of piperidine rings is 1. The number of nitrogens with zero attached hydrogens (tertiary/aromatic N) is 3. The van der Waals surface area contributed by atoms with E-state index in [-0.39, 0.29) is 11.8 Å². The van der Waals surface area contributed by atoms with Gasteiger partial charge in [0.05, 0.1) is 6.54 Å². The quantitative estimate of drug-likeness (QED) is 0.711. The van der Waals surface area contributed by atoms with Crippen molar-refractivity contribution >= 4 is 11.6 Å². The van der Waals surface area contributed by atoms with Gasteiger partial charge < -0.3 is 9.88 Å². The minimum Gasteiger partial charge on any atom is -0.337 e. The lowest BCUT2D eigenvalue weighted by Crippen LogP contribution is -2.38. The molecule has 0 bridgehead atoms. The fourth-order valence-electron chi connectivity index (χ4n) is 3.92. The number of anilines is 1. The molecule has 150 valence electrons. The van der Waals surface area contributed by atoms with Gasteiger partial charge in [-0.05, 0) is 56.1 Å². The van der Waals surface area contributed by atoms with Crippen molar-refractivity contribution in [1.82, 2.24) is 14.5 Å². The molecule has 1 amide bonds. The number of hydrogen-bond acceptors (Lipinski definition) is 3. The van der Waals surface area contributed by atoms with Crippen LogP contribution in [0.15, 0.2) is 60.9 Å². The lowest BCUT2D eigenvalue weighted by atomic mass is 9.95. The number of nitrogens with one attached hydrogen (secondary N) is 1. The summed E-state index contributed by atoms with van der Waals surface area (Å²) < 4.78 is 2.05. The molecule has 5 heteroatoms. The predicted molar refractivity (Wildman–Crippen MR) is 116 cm³/mol. The average Bonchev–Trinajstić information content (AvgIpc) is 3.13. The van der Waals surface area contributed by atoms with E-state index >= 15 is 0 Å². The molecule has 1 fully saturated rings. The number of amides is 1. The molecule has 1 aromatic heterocycles. The van der Waals surface area contributed by atoms with E-state index in [1.807, 2.05) is 31.6 Å². The zero-order chi connectivity index (χ0) is 20.2. The SMILES string of the molecule is Cc1cccc(-c2ccc(NC(=O)C3CCN(Cc4nccn4C)CC3)cc2)c1. The Bertz CT molecular complexity index is 969. The summed E-state index contributed by atoms with van der Waals surface area (Å²) in [4.78, 5) is 19.5. The van der Waals surface area contributed by atoms with Crippen LogP contribution in [0.3, 0.4) is 0 Å². The first-order chi connectivity index (χ1) is 14.1. The highest BCUT2D eigenvalue weighted by molar-refractivity contribution is 5.92. The largest absolute Gasteiger partial charge is 0.337 e. The van der Waals surface area contributed by atoms with Gasteiger partial charge in [0.15, 0.2) is 0 Å². The summed E-state index contributed by atoms with van der Waals surface area (Å²) in [6, 6.07) is 16.6. The third-order valence-electron chi connectivity index (χ3n) is 5.75. The molecular formula is C24H28N4O. The number of benzene rings is 2. The van der Waals surface area contributed by atoms with Crippen LogP contribution in [0.25, 0.3) is 11.1 Å². The third kappa shape index (κ3) is 4.74. The van der Waals surface area contributed by atoms with E-state index in [4.69, 9.17) is 0 Å². The zero-order valence-corrected chi connectivity index (χ0v) is 17.1. The fourth-order valence-corrected chi connectivity index (χ4v) is 3.92. The van der Waals surface area contributed by atoms with Crippen molar-refractivity contribution in [3.8, 4) is 11.1 Å². The van der Waals surface area contributed by atoms with E-state index in [2.05, 4.69) is 63.1 Å². The number of hydrogen-bond donors (Lipinski definition) is 1. The first-order valence-corrected chi connectivity index (χ1v) is 10.2. The Hall–Kier alpha value is -2.92. The molecule has 0 radical (unpaired) electrons. The smallest absolute Gasteiger partial charge is 0.227 e.